The van der Waals surface area contributed by atoms with E-state index in [0.29, 0.717) is 6.42 Å². The second-order valence-corrected chi connectivity index (χ2v) is 5.32. The Labute approximate surface area is 129 Å². The molecule has 0 aliphatic heterocycles. The van der Waals surface area contributed by atoms with Crippen molar-refractivity contribution >= 4 is 0 Å². The average Bonchev–Trinajstić information content (AvgIpc) is 2.54. The fourth-order valence-electron chi connectivity index (χ4n) is 2.42. The van der Waals surface area contributed by atoms with Gasteiger partial charge in [-0.05, 0) is 24.5 Å². The first-order valence-electron chi connectivity index (χ1n) is 8.08. The summed E-state index contributed by atoms with van der Waals surface area (Å²) in [6, 6.07) is 8.16. The zero-order valence-electron chi connectivity index (χ0n) is 14.0. The van der Waals surface area contributed by atoms with Crippen LogP contribution in [0.1, 0.15) is 57.9 Å². The van der Waals surface area contributed by atoms with E-state index in [9.17, 15) is 0 Å². The molecule has 0 aliphatic carbocycles. The van der Waals surface area contributed by atoms with Gasteiger partial charge >= 0.3 is 5.97 Å². The summed E-state index contributed by atoms with van der Waals surface area (Å²) in [5.41, 5.74) is 1.22. The minimum Gasteiger partial charge on any atom is -0.439 e. The smallest absolute Gasteiger partial charge is 0.326 e. The summed E-state index contributed by atoms with van der Waals surface area (Å²) < 4.78 is 16.8. The number of benzene rings is 1. The first-order valence-corrected chi connectivity index (χ1v) is 8.08. The van der Waals surface area contributed by atoms with Crippen LogP contribution >= 0.6 is 0 Å². The van der Waals surface area contributed by atoms with Gasteiger partial charge in [0.2, 0.25) is 0 Å². The minimum atomic E-state index is -0.988. The standard InChI is InChI=1S/C18H30O3/c1-5-7-8-9-10-13-16-14-11-12-15-17(16)21-18(6-2,19-3)20-4/h11-12,14-15H,5-10,13H2,1-4H3. The molecule has 0 aliphatic rings. The molecule has 0 amide bonds. The van der Waals surface area contributed by atoms with Gasteiger partial charge in [-0.1, -0.05) is 57.7 Å². The van der Waals surface area contributed by atoms with Gasteiger partial charge in [0.25, 0.3) is 0 Å². The molecule has 0 N–H and O–H groups in total. The van der Waals surface area contributed by atoms with Crippen LogP contribution in [0.25, 0.3) is 0 Å². The Balaban J connectivity index is 2.66. The minimum absolute atomic E-state index is 0.630. The first-order chi connectivity index (χ1) is 10.2. The highest BCUT2D eigenvalue weighted by Crippen LogP contribution is 2.27. The lowest BCUT2D eigenvalue weighted by Crippen LogP contribution is -2.39. The molecule has 0 fully saturated rings. The highest BCUT2D eigenvalue weighted by Gasteiger charge is 2.30. The van der Waals surface area contributed by atoms with Crippen LogP contribution in [0.15, 0.2) is 24.3 Å². The Morgan fingerprint density at radius 2 is 1.57 bits per heavy atom. The molecule has 0 spiro atoms. The van der Waals surface area contributed by atoms with Gasteiger partial charge in [-0.2, -0.15) is 0 Å². The molecule has 0 atom stereocenters. The van der Waals surface area contributed by atoms with Gasteiger partial charge in [0.15, 0.2) is 0 Å². The van der Waals surface area contributed by atoms with Gasteiger partial charge in [-0.25, -0.2) is 0 Å². The Morgan fingerprint density at radius 1 is 0.905 bits per heavy atom. The van der Waals surface area contributed by atoms with Gasteiger partial charge in [-0.15, -0.1) is 0 Å². The number of unbranched alkanes of at least 4 members (excludes halogenated alkanes) is 4. The Bertz CT molecular complexity index is 378. The third-order valence-electron chi connectivity index (χ3n) is 3.84. The van der Waals surface area contributed by atoms with Gasteiger partial charge in [-0.3, -0.25) is 0 Å². The number of hydrogen-bond acceptors (Lipinski definition) is 3. The van der Waals surface area contributed by atoms with Crippen molar-refractivity contribution in [1.29, 1.82) is 0 Å². The molecule has 1 aromatic rings. The van der Waals surface area contributed by atoms with Crippen molar-refractivity contribution in [2.24, 2.45) is 0 Å². The lowest BCUT2D eigenvalue weighted by atomic mass is 10.0. The molecular formula is C18H30O3. The molecule has 1 rings (SSSR count). The Kier molecular flexibility index (Phi) is 8.40. The Hall–Kier alpha value is -1.06. The van der Waals surface area contributed by atoms with Gasteiger partial charge in [0, 0.05) is 20.6 Å². The topological polar surface area (TPSA) is 27.7 Å². The van der Waals surface area contributed by atoms with Crippen LogP contribution < -0.4 is 4.74 Å². The third kappa shape index (κ3) is 5.68. The van der Waals surface area contributed by atoms with E-state index in [1.807, 2.05) is 19.1 Å². The van der Waals surface area contributed by atoms with E-state index in [0.717, 1.165) is 12.2 Å². The molecule has 3 nitrogen and oxygen atoms in total. The van der Waals surface area contributed by atoms with E-state index in [4.69, 9.17) is 14.2 Å². The molecule has 0 saturated carbocycles. The number of methoxy groups -OCH3 is 2. The maximum absolute atomic E-state index is 6.01. The first kappa shape index (κ1) is 18.0. The maximum Gasteiger partial charge on any atom is 0.326 e. The summed E-state index contributed by atoms with van der Waals surface area (Å²) in [5.74, 6) is -0.128. The van der Waals surface area contributed by atoms with Crippen molar-refractivity contribution in [3.05, 3.63) is 29.8 Å². The number of rotatable bonds is 11. The molecule has 120 valence electrons. The van der Waals surface area contributed by atoms with Crippen molar-refractivity contribution in [3.8, 4) is 5.75 Å². The Morgan fingerprint density at radius 3 is 2.19 bits per heavy atom. The summed E-state index contributed by atoms with van der Waals surface area (Å²) >= 11 is 0. The summed E-state index contributed by atoms with van der Waals surface area (Å²) in [6.45, 7) is 4.23. The average molecular weight is 294 g/mol. The van der Waals surface area contributed by atoms with Crippen LogP contribution in [-0.2, 0) is 15.9 Å². The van der Waals surface area contributed by atoms with Crippen molar-refractivity contribution in [2.45, 2.75) is 64.8 Å². The van der Waals surface area contributed by atoms with E-state index in [-0.39, 0.29) is 0 Å². The highest BCUT2D eigenvalue weighted by molar-refractivity contribution is 5.33. The van der Waals surface area contributed by atoms with Gasteiger partial charge in [0.1, 0.15) is 5.75 Å². The van der Waals surface area contributed by atoms with E-state index in [1.54, 1.807) is 14.2 Å². The van der Waals surface area contributed by atoms with Crippen molar-refractivity contribution in [3.63, 3.8) is 0 Å². The van der Waals surface area contributed by atoms with Crippen LogP contribution in [0, 0.1) is 0 Å². The number of aryl methyl sites for hydroxylation is 1. The molecule has 0 bridgehead atoms. The molecule has 3 heteroatoms. The zero-order valence-corrected chi connectivity index (χ0v) is 14.0. The van der Waals surface area contributed by atoms with Crippen molar-refractivity contribution in [1.82, 2.24) is 0 Å². The number of para-hydroxylation sites is 1. The second kappa shape index (κ2) is 9.80. The lowest BCUT2D eigenvalue weighted by molar-refractivity contribution is -0.323. The van der Waals surface area contributed by atoms with Crippen molar-refractivity contribution in [2.75, 3.05) is 14.2 Å². The molecule has 0 radical (unpaired) electrons. The third-order valence-corrected chi connectivity index (χ3v) is 3.84. The fraction of sp³-hybridized carbons (Fsp3) is 0.667. The van der Waals surface area contributed by atoms with Crippen molar-refractivity contribution < 1.29 is 14.2 Å². The molecule has 21 heavy (non-hydrogen) atoms. The van der Waals surface area contributed by atoms with Crippen LogP contribution in [0.5, 0.6) is 5.75 Å². The summed E-state index contributed by atoms with van der Waals surface area (Å²) in [5, 5.41) is 0. The van der Waals surface area contributed by atoms with Gasteiger partial charge < -0.3 is 14.2 Å². The van der Waals surface area contributed by atoms with Crippen LogP contribution in [-0.4, -0.2) is 20.2 Å². The fourth-order valence-corrected chi connectivity index (χ4v) is 2.42. The molecular weight excluding hydrogens is 264 g/mol. The zero-order chi connectivity index (χ0) is 15.6. The highest BCUT2D eigenvalue weighted by atomic mass is 16.9. The van der Waals surface area contributed by atoms with E-state index in [1.165, 1.54) is 37.7 Å². The largest absolute Gasteiger partial charge is 0.439 e. The predicted octanol–water partition coefficient (Wildman–Crippen LogP) is 4.93. The summed E-state index contributed by atoms with van der Waals surface area (Å²) in [6.07, 6.45) is 8.05. The van der Waals surface area contributed by atoms with Crippen LogP contribution in [0.3, 0.4) is 0 Å². The maximum atomic E-state index is 6.01. The quantitative estimate of drug-likeness (QED) is 0.427. The van der Waals surface area contributed by atoms with Crippen LogP contribution in [0.2, 0.25) is 0 Å². The lowest BCUT2D eigenvalue weighted by Gasteiger charge is -2.30. The molecule has 0 unspecified atom stereocenters. The van der Waals surface area contributed by atoms with Gasteiger partial charge in [0.05, 0.1) is 0 Å². The SMILES string of the molecule is CCCCCCCc1ccccc1OC(CC)(OC)OC. The normalized spacial score (nSPS) is 11.6. The molecule has 0 saturated heterocycles. The van der Waals surface area contributed by atoms with E-state index in [2.05, 4.69) is 19.1 Å². The molecule has 0 aromatic heterocycles. The predicted molar refractivity (Wildman–Crippen MR) is 86.6 cm³/mol. The second-order valence-electron chi connectivity index (χ2n) is 5.32. The summed E-state index contributed by atoms with van der Waals surface area (Å²) in [7, 11) is 3.22. The van der Waals surface area contributed by atoms with Crippen LogP contribution in [0.4, 0.5) is 0 Å². The monoisotopic (exact) mass is 294 g/mol. The number of hydrogen-bond donors (Lipinski definition) is 0. The van der Waals surface area contributed by atoms with E-state index >= 15 is 0 Å². The summed E-state index contributed by atoms with van der Waals surface area (Å²) in [4.78, 5) is 0. The van der Waals surface area contributed by atoms with E-state index < -0.39 is 5.97 Å². The number of ether oxygens (including phenoxy) is 3. The molecule has 1 aromatic carbocycles. The molecule has 0 heterocycles.